The van der Waals surface area contributed by atoms with Gasteiger partial charge in [-0.2, -0.15) is 0 Å². The molecule has 1 aliphatic heterocycles. The van der Waals surface area contributed by atoms with Gasteiger partial charge in [0.25, 0.3) is 0 Å². The summed E-state index contributed by atoms with van der Waals surface area (Å²) in [4.78, 5) is 11.1. The Kier molecular flexibility index (Phi) is 3.33. The van der Waals surface area contributed by atoms with E-state index >= 15 is 0 Å². The number of nitrogen functional groups attached to an aromatic ring is 1. The molecular formula is C13H17NO3. The first-order chi connectivity index (χ1) is 8.11. The van der Waals surface area contributed by atoms with Gasteiger partial charge in [0.05, 0.1) is 5.56 Å². The van der Waals surface area contributed by atoms with E-state index in [2.05, 4.69) is 0 Å². The molecule has 0 spiro atoms. The first kappa shape index (κ1) is 11.9. The zero-order valence-corrected chi connectivity index (χ0v) is 9.90. The number of carboxylic acids is 1. The van der Waals surface area contributed by atoms with Crippen LogP contribution in [0.25, 0.3) is 0 Å². The highest BCUT2D eigenvalue weighted by molar-refractivity contribution is 5.90. The van der Waals surface area contributed by atoms with Crippen molar-refractivity contribution in [3.63, 3.8) is 0 Å². The molecule has 1 fully saturated rings. The zero-order valence-electron chi connectivity index (χ0n) is 9.90. The van der Waals surface area contributed by atoms with E-state index in [1.165, 1.54) is 0 Å². The number of carboxylic acid groups (broad SMARTS) is 1. The molecule has 1 aromatic carbocycles. The van der Waals surface area contributed by atoms with Crippen molar-refractivity contribution < 1.29 is 14.6 Å². The molecule has 0 aromatic heterocycles. The summed E-state index contributed by atoms with van der Waals surface area (Å²) in [6, 6.07) is 3.27. The van der Waals surface area contributed by atoms with Gasteiger partial charge >= 0.3 is 5.97 Å². The van der Waals surface area contributed by atoms with Crippen LogP contribution in [0.1, 0.15) is 40.2 Å². The molecule has 4 heteroatoms. The molecule has 0 bridgehead atoms. The number of nitrogens with two attached hydrogens (primary N) is 1. The van der Waals surface area contributed by atoms with Crippen molar-refractivity contribution in [2.24, 2.45) is 0 Å². The fraction of sp³-hybridized carbons (Fsp3) is 0.462. The molecule has 3 N–H and O–H groups in total. The second-order valence-electron chi connectivity index (χ2n) is 4.43. The van der Waals surface area contributed by atoms with E-state index in [9.17, 15) is 4.79 Å². The molecule has 0 aliphatic carbocycles. The van der Waals surface area contributed by atoms with Crippen LogP contribution in [-0.2, 0) is 4.74 Å². The van der Waals surface area contributed by atoms with E-state index in [1.807, 2.05) is 6.92 Å². The lowest BCUT2D eigenvalue weighted by molar-refractivity contribution is 0.0695. The number of hydrogen-bond donors (Lipinski definition) is 2. The molecule has 17 heavy (non-hydrogen) atoms. The predicted molar refractivity (Wildman–Crippen MR) is 65.3 cm³/mol. The van der Waals surface area contributed by atoms with Crippen molar-refractivity contribution in [1.82, 2.24) is 0 Å². The van der Waals surface area contributed by atoms with Gasteiger partial charge in [-0.3, -0.25) is 0 Å². The van der Waals surface area contributed by atoms with Gasteiger partial charge in [-0.1, -0.05) is 0 Å². The number of hydrogen-bond acceptors (Lipinski definition) is 3. The normalized spacial score (nSPS) is 17.0. The van der Waals surface area contributed by atoms with E-state index in [-0.39, 0.29) is 0 Å². The van der Waals surface area contributed by atoms with Gasteiger partial charge in [0, 0.05) is 18.9 Å². The van der Waals surface area contributed by atoms with E-state index < -0.39 is 5.97 Å². The maximum atomic E-state index is 11.1. The average Bonchev–Trinajstić information content (AvgIpc) is 2.30. The van der Waals surface area contributed by atoms with Crippen molar-refractivity contribution in [3.8, 4) is 0 Å². The van der Waals surface area contributed by atoms with Crippen molar-refractivity contribution in [1.29, 1.82) is 0 Å². The Balaban J connectivity index is 2.43. The van der Waals surface area contributed by atoms with Gasteiger partial charge in [0.2, 0.25) is 0 Å². The van der Waals surface area contributed by atoms with Crippen LogP contribution in [0.4, 0.5) is 5.69 Å². The Labute approximate surface area is 100 Å². The number of aromatic carboxylic acids is 1. The van der Waals surface area contributed by atoms with E-state index in [0.29, 0.717) is 17.2 Å². The lowest BCUT2D eigenvalue weighted by Crippen LogP contribution is -2.17. The molecule has 2 rings (SSSR count). The average molecular weight is 235 g/mol. The summed E-state index contributed by atoms with van der Waals surface area (Å²) in [6.07, 6.45) is 1.82. The topological polar surface area (TPSA) is 72.5 Å². The van der Waals surface area contributed by atoms with Crippen LogP contribution in [0.5, 0.6) is 0 Å². The molecule has 0 radical (unpaired) electrons. The highest BCUT2D eigenvalue weighted by atomic mass is 16.5. The van der Waals surface area contributed by atoms with Crippen LogP contribution in [-0.4, -0.2) is 24.3 Å². The molecule has 0 atom stereocenters. The van der Waals surface area contributed by atoms with Crippen LogP contribution in [0, 0.1) is 6.92 Å². The maximum absolute atomic E-state index is 11.1. The van der Waals surface area contributed by atoms with Crippen LogP contribution >= 0.6 is 0 Å². The fourth-order valence-electron chi connectivity index (χ4n) is 2.51. The maximum Gasteiger partial charge on any atom is 0.335 e. The number of carbonyl (C=O) groups is 1. The van der Waals surface area contributed by atoms with Crippen molar-refractivity contribution in [3.05, 3.63) is 28.8 Å². The summed E-state index contributed by atoms with van der Waals surface area (Å²) in [5.41, 5.74) is 8.82. The van der Waals surface area contributed by atoms with E-state index in [1.54, 1.807) is 12.1 Å². The predicted octanol–water partition coefficient (Wildman–Crippen LogP) is 2.17. The van der Waals surface area contributed by atoms with Crippen molar-refractivity contribution >= 4 is 11.7 Å². The zero-order chi connectivity index (χ0) is 12.4. The first-order valence-electron chi connectivity index (χ1n) is 5.81. The highest BCUT2D eigenvalue weighted by Gasteiger charge is 2.22. The third-order valence-electron chi connectivity index (χ3n) is 3.41. The number of anilines is 1. The van der Waals surface area contributed by atoms with Gasteiger partial charge in [0.1, 0.15) is 0 Å². The van der Waals surface area contributed by atoms with Gasteiger partial charge in [0.15, 0.2) is 0 Å². The van der Waals surface area contributed by atoms with Crippen molar-refractivity contribution in [2.75, 3.05) is 18.9 Å². The quantitative estimate of drug-likeness (QED) is 0.770. The molecule has 1 saturated heterocycles. The summed E-state index contributed by atoms with van der Waals surface area (Å²) in [7, 11) is 0. The highest BCUT2D eigenvalue weighted by Crippen LogP contribution is 2.34. The lowest BCUT2D eigenvalue weighted by Gasteiger charge is -2.25. The largest absolute Gasteiger partial charge is 0.478 e. The molecule has 1 aliphatic rings. The Bertz CT molecular complexity index is 437. The van der Waals surface area contributed by atoms with Crippen LogP contribution < -0.4 is 5.73 Å². The molecule has 0 unspecified atom stereocenters. The smallest absolute Gasteiger partial charge is 0.335 e. The second-order valence-corrected chi connectivity index (χ2v) is 4.43. The molecule has 0 amide bonds. The first-order valence-corrected chi connectivity index (χ1v) is 5.81. The summed E-state index contributed by atoms with van der Waals surface area (Å²) in [5.74, 6) is -0.571. The standard InChI is InChI=1S/C13H17NO3/c1-8-10(13(15)16)2-3-11(14)12(8)9-4-6-17-7-5-9/h2-3,9H,4-7,14H2,1H3,(H,15,16). The Morgan fingerprint density at radius 3 is 2.65 bits per heavy atom. The SMILES string of the molecule is Cc1c(C(=O)O)ccc(N)c1C1CCOCC1. The fourth-order valence-corrected chi connectivity index (χ4v) is 2.51. The number of rotatable bonds is 2. The summed E-state index contributed by atoms with van der Waals surface area (Å²) in [6.45, 7) is 3.28. The van der Waals surface area contributed by atoms with E-state index in [0.717, 1.165) is 37.2 Å². The van der Waals surface area contributed by atoms with Gasteiger partial charge in [-0.15, -0.1) is 0 Å². The lowest BCUT2D eigenvalue weighted by atomic mass is 9.85. The molecule has 1 aromatic rings. The van der Waals surface area contributed by atoms with E-state index in [4.69, 9.17) is 15.6 Å². The summed E-state index contributed by atoms with van der Waals surface area (Å²) in [5, 5.41) is 9.11. The third-order valence-corrected chi connectivity index (χ3v) is 3.41. The van der Waals surface area contributed by atoms with Crippen LogP contribution in [0.2, 0.25) is 0 Å². The summed E-state index contributed by atoms with van der Waals surface area (Å²) < 4.78 is 5.32. The summed E-state index contributed by atoms with van der Waals surface area (Å²) >= 11 is 0. The second kappa shape index (κ2) is 4.75. The van der Waals surface area contributed by atoms with Gasteiger partial charge in [-0.25, -0.2) is 4.79 Å². The minimum absolute atomic E-state index is 0.322. The minimum Gasteiger partial charge on any atom is -0.478 e. The Morgan fingerprint density at radius 1 is 1.41 bits per heavy atom. The van der Waals surface area contributed by atoms with Gasteiger partial charge < -0.3 is 15.6 Å². The van der Waals surface area contributed by atoms with Crippen molar-refractivity contribution in [2.45, 2.75) is 25.7 Å². The third kappa shape index (κ3) is 2.26. The molecule has 92 valence electrons. The molecular weight excluding hydrogens is 218 g/mol. The number of benzene rings is 1. The van der Waals surface area contributed by atoms with Crippen LogP contribution in [0.3, 0.4) is 0 Å². The van der Waals surface area contributed by atoms with Crippen LogP contribution in [0.15, 0.2) is 12.1 Å². The minimum atomic E-state index is -0.893. The molecule has 0 saturated carbocycles. The van der Waals surface area contributed by atoms with Gasteiger partial charge in [-0.05, 0) is 48.9 Å². The monoisotopic (exact) mass is 235 g/mol. The molecule has 1 heterocycles. The molecule has 4 nitrogen and oxygen atoms in total. The number of ether oxygens (including phenoxy) is 1. The Hall–Kier alpha value is -1.55. The Morgan fingerprint density at radius 2 is 2.06 bits per heavy atom.